The molecule has 9 nitrogen and oxygen atoms in total. The maximum absolute atomic E-state index is 13.5. The van der Waals surface area contributed by atoms with Gasteiger partial charge >= 0.3 is 5.69 Å². The summed E-state index contributed by atoms with van der Waals surface area (Å²) in [6, 6.07) is 9.36. The third-order valence-corrected chi connectivity index (χ3v) is 4.67. The summed E-state index contributed by atoms with van der Waals surface area (Å²) in [6.07, 6.45) is 4.88. The number of imidazole rings is 1. The fourth-order valence-corrected chi connectivity index (χ4v) is 3.11. The van der Waals surface area contributed by atoms with E-state index >= 15 is 0 Å². The highest BCUT2D eigenvalue weighted by molar-refractivity contribution is 5.80. The maximum atomic E-state index is 13.5. The molecule has 0 unspecified atom stereocenters. The van der Waals surface area contributed by atoms with E-state index in [1.54, 1.807) is 43.9 Å². The lowest BCUT2D eigenvalue weighted by atomic mass is 10.2. The second kappa shape index (κ2) is 7.74. The predicted octanol–water partition coefficient (Wildman–Crippen LogP) is 1.46. The third kappa shape index (κ3) is 3.50. The molecule has 0 saturated heterocycles. The Hall–Kier alpha value is -4.08. The molecule has 1 aromatic carbocycles. The first-order chi connectivity index (χ1) is 14.5. The average molecular weight is 407 g/mol. The van der Waals surface area contributed by atoms with Gasteiger partial charge in [-0.3, -0.25) is 18.9 Å². The zero-order valence-corrected chi connectivity index (χ0v) is 16.3. The van der Waals surface area contributed by atoms with Crippen molar-refractivity contribution in [1.29, 1.82) is 0 Å². The summed E-state index contributed by atoms with van der Waals surface area (Å²) >= 11 is 0. The fraction of sp³-hybridized carbons (Fsp3) is 0.150. The molecule has 0 radical (unpaired) electrons. The van der Waals surface area contributed by atoms with Gasteiger partial charge in [0.25, 0.3) is 5.56 Å². The van der Waals surface area contributed by atoms with Crippen LogP contribution in [0.3, 0.4) is 0 Å². The van der Waals surface area contributed by atoms with Crippen LogP contribution in [0.15, 0.2) is 63.5 Å². The van der Waals surface area contributed by atoms with Gasteiger partial charge in [0, 0.05) is 26.5 Å². The summed E-state index contributed by atoms with van der Waals surface area (Å²) in [7, 11) is 3.18. The number of fused-ring (bicyclic) bond motifs is 1. The number of nitrogens with one attached hydrogen (secondary N) is 1. The smallest absolute Gasteiger partial charge is 0.306 e. The predicted molar refractivity (Wildman–Crippen MR) is 111 cm³/mol. The molecule has 10 heteroatoms. The van der Waals surface area contributed by atoms with E-state index in [0.717, 1.165) is 10.1 Å². The molecule has 3 aromatic heterocycles. The van der Waals surface area contributed by atoms with Crippen LogP contribution in [0, 0.1) is 5.82 Å². The molecule has 0 aliphatic carbocycles. The molecule has 0 atom stereocenters. The van der Waals surface area contributed by atoms with Crippen molar-refractivity contribution in [2.45, 2.75) is 6.54 Å². The number of hydrogen-bond donors (Lipinski definition) is 1. The van der Waals surface area contributed by atoms with Crippen molar-refractivity contribution in [2.75, 3.05) is 5.43 Å². The first-order valence-electron chi connectivity index (χ1n) is 9.05. The van der Waals surface area contributed by atoms with E-state index in [4.69, 9.17) is 0 Å². The standard InChI is InChI=1S/C20H18FN7O2/c1-26-16-17(24-19(26)25-23-11-13-6-8-22-9-7-13)27(2)20(30)28(18(16)29)12-14-4-3-5-15(21)10-14/h3-11H,12H2,1-2H3,(H,24,25)/b23-11-. The highest BCUT2D eigenvalue weighted by Crippen LogP contribution is 2.14. The molecule has 1 N–H and O–H groups in total. The molecule has 0 amide bonds. The Kier molecular flexibility index (Phi) is 4.97. The minimum atomic E-state index is -0.540. The van der Waals surface area contributed by atoms with Crippen LogP contribution in [0.25, 0.3) is 11.2 Å². The molecule has 3 heterocycles. The van der Waals surface area contributed by atoms with Gasteiger partial charge in [0.2, 0.25) is 5.95 Å². The normalized spacial score (nSPS) is 11.4. The Balaban J connectivity index is 1.74. The van der Waals surface area contributed by atoms with Crippen LogP contribution in [0.4, 0.5) is 10.3 Å². The van der Waals surface area contributed by atoms with Crippen molar-refractivity contribution >= 4 is 23.3 Å². The van der Waals surface area contributed by atoms with Gasteiger partial charge < -0.3 is 4.57 Å². The van der Waals surface area contributed by atoms with Crippen LogP contribution in [-0.2, 0) is 20.6 Å². The number of aromatic nitrogens is 5. The average Bonchev–Trinajstić information content (AvgIpc) is 3.07. The first kappa shape index (κ1) is 19.2. The number of aryl methyl sites for hydroxylation is 2. The van der Waals surface area contributed by atoms with Crippen molar-refractivity contribution in [3.8, 4) is 0 Å². The van der Waals surface area contributed by atoms with Gasteiger partial charge in [-0.1, -0.05) is 12.1 Å². The maximum Gasteiger partial charge on any atom is 0.332 e. The zero-order valence-electron chi connectivity index (χ0n) is 16.3. The Morgan fingerprint density at radius 2 is 1.90 bits per heavy atom. The van der Waals surface area contributed by atoms with Gasteiger partial charge in [0.05, 0.1) is 12.8 Å². The van der Waals surface area contributed by atoms with Crippen LogP contribution in [0.2, 0.25) is 0 Å². The lowest BCUT2D eigenvalue weighted by Gasteiger charge is -2.08. The summed E-state index contributed by atoms with van der Waals surface area (Å²) in [4.78, 5) is 34.1. The number of pyridine rings is 1. The molecule has 4 rings (SSSR count). The number of benzene rings is 1. The van der Waals surface area contributed by atoms with Crippen LogP contribution < -0.4 is 16.7 Å². The summed E-state index contributed by atoms with van der Waals surface area (Å²) in [5.41, 5.74) is 3.54. The third-order valence-electron chi connectivity index (χ3n) is 4.67. The number of halogens is 1. The van der Waals surface area contributed by atoms with Crippen molar-refractivity contribution in [2.24, 2.45) is 19.2 Å². The van der Waals surface area contributed by atoms with Gasteiger partial charge in [-0.25, -0.2) is 14.6 Å². The molecule has 0 spiro atoms. The summed E-state index contributed by atoms with van der Waals surface area (Å²) in [5, 5.41) is 4.13. The lowest BCUT2D eigenvalue weighted by Crippen LogP contribution is -2.39. The number of hydrogen-bond acceptors (Lipinski definition) is 6. The van der Waals surface area contributed by atoms with Crippen LogP contribution >= 0.6 is 0 Å². The van der Waals surface area contributed by atoms with Crippen molar-refractivity contribution in [3.05, 3.63) is 86.6 Å². The molecule has 0 aliphatic rings. The molecular weight excluding hydrogens is 389 g/mol. The number of nitrogens with zero attached hydrogens (tertiary/aromatic N) is 6. The number of hydrazone groups is 1. The van der Waals surface area contributed by atoms with Crippen molar-refractivity contribution in [3.63, 3.8) is 0 Å². The minimum Gasteiger partial charge on any atom is -0.306 e. The van der Waals surface area contributed by atoms with E-state index < -0.39 is 17.1 Å². The molecule has 152 valence electrons. The fourth-order valence-electron chi connectivity index (χ4n) is 3.11. The van der Waals surface area contributed by atoms with E-state index in [-0.39, 0.29) is 17.7 Å². The van der Waals surface area contributed by atoms with Gasteiger partial charge in [0.15, 0.2) is 11.2 Å². The van der Waals surface area contributed by atoms with Crippen LogP contribution in [0.1, 0.15) is 11.1 Å². The minimum absolute atomic E-state index is 0.0483. The molecule has 0 saturated carbocycles. The lowest BCUT2D eigenvalue weighted by molar-refractivity contribution is 0.616. The van der Waals surface area contributed by atoms with Gasteiger partial charge in [-0.2, -0.15) is 10.1 Å². The monoisotopic (exact) mass is 407 g/mol. The molecular formula is C20H18FN7O2. The van der Waals surface area contributed by atoms with Gasteiger partial charge in [-0.15, -0.1) is 0 Å². The Morgan fingerprint density at radius 1 is 1.13 bits per heavy atom. The van der Waals surface area contributed by atoms with E-state index in [1.165, 1.54) is 34.4 Å². The van der Waals surface area contributed by atoms with Crippen molar-refractivity contribution in [1.82, 2.24) is 23.7 Å². The highest BCUT2D eigenvalue weighted by atomic mass is 19.1. The summed E-state index contributed by atoms with van der Waals surface area (Å²) in [5.74, 6) is -0.136. The molecule has 4 aromatic rings. The Labute approximate surface area is 169 Å². The SMILES string of the molecule is Cn1c(N/N=C\c2ccncc2)nc2c1c(=O)n(Cc1cccc(F)c1)c(=O)n2C. The number of rotatable bonds is 5. The van der Waals surface area contributed by atoms with Crippen molar-refractivity contribution < 1.29 is 4.39 Å². The Bertz CT molecular complexity index is 1370. The Morgan fingerprint density at radius 3 is 2.63 bits per heavy atom. The van der Waals surface area contributed by atoms with E-state index in [9.17, 15) is 14.0 Å². The quantitative estimate of drug-likeness (QED) is 0.399. The molecule has 0 bridgehead atoms. The van der Waals surface area contributed by atoms with E-state index in [1.807, 2.05) is 0 Å². The molecule has 30 heavy (non-hydrogen) atoms. The molecule has 0 fully saturated rings. The summed E-state index contributed by atoms with van der Waals surface area (Å²) < 4.78 is 17.4. The van der Waals surface area contributed by atoms with Gasteiger partial charge in [-0.05, 0) is 35.4 Å². The number of anilines is 1. The zero-order chi connectivity index (χ0) is 21.3. The van der Waals surface area contributed by atoms with Crippen LogP contribution in [0.5, 0.6) is 0 Å². The second-order valence-corrected chi connectivity index (χ2v) is 6.68. The van der Waals surface area contributed by atoms with Crippen LogP contribution in [-0.4, -0.2) is 29.9 Å². The topological polar surface area (TPSA) is 99.1 Å². The largest absolute Gasteiger partial charge is 0.332 e. The molecule has 0 aliphatic heterocycles. The second-order valence-electron chi connectivity index (χ2n) is 6.68. The van der Waals surface area contributed by atoms with Gasteiger partial charge in [0.1, 0.15) is 5.82 Å². The van der Waals surface area contributed by atoms with E-state index in [0.29, 0.717) is 11.5 Å². The summed E-state index contributed by atoms with van der Waals surface area (Å²) in [6.45, 7) is -0.0483. The highest BCUT2D eigenvalue weighted by Gasteiger charge is 2.18. The van der Waals surface area contributed by atoms with E-state index in [2.05, 4.69) is 20.5 Å². The first-order valence-corrected chi connectivity index (χ1v) is 9.05.